The minimum absolute atomic E-state index is 0.0646. The van der Waals surface area contributed by atoms with Crippen LogP contribution in [0.4, 0.5) is 0 Å². The molecule has 1 unspecified atom stereocenters. The van der Waals surface area contributed by atoms with Gasteiger partial charge in [-0.3, -0.25) is 4.99 Å². The van der Waals surface area contributed by atoms with Gasteiger partial charge >= 0.3 is 0 Å². The maximum atomic E-state index is 4.30. The molecule has 0 saturated carbocycles. The number of rotatable bonds is 2. The second kappa shape index (κ2) is 3.81. The van der Waals surface area contributed by atoms with Gasteiger partial charge in [-0.15, -0.1) is 0 Å². The molecule has 0 amide bonds. The lowest BCUT2D eigenvalue weighted by Gasteiger charge is -2.13. The highest BCUT2D eigenvalue weighted by molar-refractivity contribution is 6.20. The van der Waals surface area contributed by atoms with Crippen LogP contribution in [0.2, 0.25) is 0 Å². The monoisotopic (exact) mass is 210 g/mol. The number of hydrogen-bond donors (Lipinski definition) is 0. The van der Waals surface area contributed by atoms with Crippen molar-refractivity contribution in [3.63, 3.8) is 0 Å². The van der Waals surface area contributed by atoms with Gasteiger partial charge in [0.1, 0.15) is 18.7 Å². The van der Waals surface area contributed by atoms with Crippen molar-refractivity contribution >= 4 is 24.2 Å². The molecule has 0 N–H and O–H groups in total. The van der Waals surface area contributed by atoms with Crippen LogP contribution in [0.3, 0.4) is 0 Å². The summed E-state index contributed by atoms with van der Waals surface area (Å²) in [5.74, 6) is 0.751. The Morgan fingerprint density at radius 2 is 1.88 bits per heavy atom. The number of fused-ring (bicyclic) bond motifs is 1. The first-order valence-corrected chi connectivity index (χ1v) is 5.16. The summed E-state index contributed by atoms with van der Waals surface area (Å²) in [7, 11) is 0. The summed E-state index contributed by atoms with van der Waals surface area (Å²) in [6, 6.07) is 10.2. The zero-order chi connectivity index (χ0) is 10.8. The van der Waals surface area contributed by atoms with E-state index in [-0.39, 0.29) is 6.04 Å². The molecule has 4 heteroatoms. The lowest BCUT2D eigenvalue weighted by Crippen LogP contribution is -2.29. The summed E-state index contributed by atoms with van der Waals surface area (Å²) in [6.45, 7) is 0. The molecule has 0 spiro atoms. The fourth-order valence-corrected chi connectivity index (χ4v) is 1.82. The van der Waals surface area contributed by atoms with E-state index in [0.717, 1.165) is 18.0 Å². The van der Waals surface area contributed by atoms with Crippen molar-refractivity contribution < 1.29 is 0 Å². The van der Waals surface area contributed by atoms with E-state index in [1.165, 1.54) is 5.56 Å². The van der Waals surface area contributed by atoms with Gasteiger partial charge in [0.25, 0.3) is 0 Å². The van der Waals surface area contributed by atoms with Crippen LogP contribution < -0.4 is 0 Å². The quantitative estimate of drug-likeness (QED) is 0.710. The van der Waals surface area contributed by atoms with Crippen molar-refractivity contribution in [3.8, 4) is 0 Å². The summed E-state index contributed by atoms with van der Waals surface area (Å²) in [5.41, 5.74) is 2.24. The fourth-order valence-electron chi connectivity index (χ4n) is 1.82. The average molecular weight is 210 g/mol. The molecule has 2 aliphatic rings. The van der Waals surface area contributed by atoms with Crippen molar-refractivity contribution in [1.29, 1.82) is 0 Å². The second-order valence-corrected chi connectivity index (χ2v) is 3.68. The SMILES string of the molecule is C1=NC2=NC=NC2C(Cc2ccccc2)=N1. The van der Waals surface area contributed by atoms with E-state index in [1.807, 2.05) is 18.2 Å². The molecule has 1 aromatic carbocycles. The number of benzene rings is 1. The Morgan fingerprint density at radius 3 is 2.75 bits per heavy atom. The molecule has 1 aromatic rings. The van der Waals surface area contributed by atoms with E-state index in [1.54, 1.807) is 12.7 Å². The van der Waals surface area contributed by atoms with Crippen molar-refractivity contribution in [1.82, 2.24) is 0 Å². The van der Waals surface area contributed by atoms with Crippen LogP contribution in [0.1, 0.15) is 5.56 Å². The van der Waals surface area contributed by atoms with Gasteiger partial charge in [0.2, 0.25) is 0 Å². The molecular formula is C12H10N4. The molecular weight excluding hydrogens is 200 g/mol. The summed E-state index contributed by atoms with van der Waals surface area (Å²) in [5, 5.41) is 0. The Hall–Kier alpha value is -2.10. The van der Waals surface area contributed by atoms with E-state index >= 15 is 0 Å². The van der Waals surface area contributed by atoms with Crippen molar-refractivity contribution in [3.05, 3.63) is 35.9 Å². The molecule has 0 aromatic heterocycles. The molecule has 4 nitrogen and oxygen atoms in total. The zero-order valence-electron chi connectivity index (χ0n) is 8.61. The van der Waals surface area contributed by atoms with Crippen molar-refractivity contribution in [2.75, 3.05) is 0 Å². The summed E-state index contributed by atoms with van der Waals surface area (Å²) in [4.78, 5) is 16.8. The van der Waals surface area contributed by atoms with Crippen molar-refractivity contribution in [2.24, 2.45) is 20.0 Å². The van der Waals surface area contributed by atoms with Gasteiger partial charge in [0.15, 0.2) is 5.84 Å². The number of amidine groups is 1. The van der Waals surface area contributed by atoms with Crippen LogP contribution in [0.15, 0.2) is 50.3 Å². The number of hydrogen-bond acceptors (Lipinski definition) is 4. The molecule has 0 bridgehead atoms. The fraction of sp³-hybridized carbons (Fsp3) is 0.167. The maximum absolute atomic E-state index is 4.30. The highest BCUT2D eigenvalue weighted by Crippen LogP contribution is 2.13. The highest BCUT2D eigenvalue weighted by atomic mass is 15.1. The molecule has 2 heterocycles. The zero-order valence-corrected chi connectivity index (χ0v) is 8.61. The standard InChI is InChI=1S/C12H10N4/c1-2-4-9(5-3-1)6-10-11-12(15-7-13-10)16-8-14-11/h1-5,7-8,11H,6H2. The summed E-state index contributed by atoms with van der Waals surface area (Å²) in [6.07, 6.45) is 3.92. The molecule has 1 atom stereocenters. The van der Waals surface area contributed by atoms with Crippen LogP contribution in [-0.4, -0.2) is 30.3 Å². The third-order valence-electron chi connectivity index (χ3n) is 2.61. The van der Waals surface area contributed by atoms with Gasteiger partial charge in [-0.1, -0.05) is 30.3 Å². The van der Waals surface area contributed by atoms with E-state index in [9.17, 15) is 0 Å². The summed E-state index contributed by atoms with van der Waals surface area (Å²) >= 11 is 0. The Bertz CT molecular complexity index is 511. The van der Waals surface area contributed by atoms with E-state index in [2.05, 4.69) is 32.1 Å². The Kier molecular flexibility index (Phi) is 2.18. The van der Waals surface area contributed by atoms with Crippen LogP contribution in [0, 0.1) is 0 Å². The van der Waals surface area contributed by atoms with Gasteiger partial charge in [0.05, 0.1) is 5.71 Å². The highest BCUT2D eigenvalue weighted by Gasteiger charge is 2.25. The van der Waals surface area contributed by atoms with Gasteiger partial charge in [-0.2, -0.15) is 0 Å². The first kappa shape index (κ1) is 9.15. The smallest absolute Gasteiger partial charge is 0.162 e. The lowest BCUT2D eigenvalue weighted by atomic mass is 10.0. The molecule has 16 heavy (non-hydrogen) atoms. The third kappa shape index (κ3) is 1.58. The minimum Gasteiger partial charge on any atom is -0.256 e. The van der Waals surface area contributed by atoms with Crippen molar-refractivity contribution in [2.45, 2.75) is 12.5 Å². The largest absolute Gasteiger partial charge is 0.256 e. The van der Waals surface area contributed by atoms with E-state index < -0.39 is 0 Å². The Morgan fingerprint density at radius 1 is 1.00 bits per heavy atom. The predicted molar refractivity (Wildman–Crippen MR) is 65.8 cm³/mol. The topological polar surface area (TPSA) is 49.4 Å². The van der Waals surface area contributed by atoms with Gasteiger partial charge < -0.3 is 0 Å². The lowest BCUT2D eigenvalue weighted by molar-refractivity contribution is 1.09. The van der Waals surface area contributed by atoms with Gasteiger partial charge in [-0.25, -0.2) is 15.0 Å². The molecule has 0 aliphatic carbocycles. The molecule has 0 saturated heterocycles. The minimum atomic E-state index is -0.0646. The van der Waals surface area contributed by atoms with Gasteiger partial charge in [0, 0.05) is 6.42 Å². The van der Waals surface area contributed by atoms with E-state index in [0.29, 0.717) is 0 Å². The Balaban J connectivity index is 1.86. The molecule has 78 valence electrons. The second-order valence-electron chi connectivity index (χ2n) is 3.68. The molecule has 0 radical (unpaired) electrons. The Labute approximate surface area is 93.2 Å². The molecule has 3 rings (SSSR count). The predicted octanol–water partition coefficient (Wildman–Crippen LogP) is 1.52. The maximum Gasteiger partial charge on any atom is 0.162 e. The average Bonchev–Trinajstić information content (AvgIpc) is 2.80. The van der Waals surface area contributed by atoms with Crippen LogP contribution in [0.5, 0.6) is 0 Å². The van der Waals surface area contributed by atoms with Crippen LogP contribution in [0.25, 0.3) is 0 Å². The molecule has 2 aliphatic heterocycles. The normalized spacial score (nSPS) is 21.6. The summed E-state index contributed by atoms with van der Waals surface area (Å²) < 4.78 is 0. The number of aliphatic imine (C=N–C) groups is 4. The van der Waals surface area contributed by atoms with Crippen LogP contribution in [-0.2, 0) is 6.42 Å². The first-order chi connectivity index (χ1) is 7.93. The third-order valence-corrected chi connectivity index (χ3v) is 2.61. The number of nitrogens with zero attached hydrogens (tertiary/aromatic N) is 4. The van der Waals surface area contributed by atoms with Gasteiger partial charge in [-0.05, 0) is 5.56 Å². The molecule has 0 fully saturated rings. The van der Waals surface area contributed by atoms with E-state index in [4.69, 9.17) is 0 Å². The first-order valence-electron chi connectivity index (χ1n) is 5.16. The van der Waals surface area contributed by atoms with Crippen LogP contribution >= 0.6 is 0 Å².